The fourth-order valence-electron chi connectivity index (χ4n) is 3.11. The van der Waals surface area contributed by atoms with Crippen molar-refractivity contribution in [1.29, 1.82) is 0 Å². The van der Waals surface area contributed by atoms with Gasteiger partial charge in [0.25, 0.3) is 5.91 Å². The number of methoxy groups -OCH3 is 1. The van der Waals surface area contributed by atoms with E-state index in [1.54, 1.807) is 24.2 Å². The number of carbonyl (C=O) groups excluding carboxylic acids is 2. The zero-order valence-electron chi connectivity index (χ0n) is 14.8. The third-order valence-corrected chi connectivity index (χ3v) is 4.32. The maximum absolute atomic E-state index is 12.5. The first-order valence-electron chi connectivity index (χ1n) is 8.47. The number of para-hydroxylation sites is 1. The Morgan fingerprint density at radius 3 is 2.81 bits per heavy atom. The summed E-state index contributed by atoms with van der Waals surface area (Å²) in [5.74, 6) is -0.0655. The van der Waals surface area contributed by atoms with Gasteiger partial charge in [0.15, 0.2) is 6.61 Å². The van der Waals surface area contributed by atoms with Gasteiger partial charge in [0, 0.05) is 17.8 Å². The van der Waals surface area contributed by atoms with Gasteiger partial charge in [0.05, 0.1) is 7.11 Å². The zero-order valence-corrected chi connectivity index (χ0v) is 14.8. The van der Waals surface area contributed by atoms with Crippen molar-refractivity contribution in [2.75, 3.05) is 18.6 Å². The Balaban J connectivity index is 1.57. The lowest BCUT2D eigenvalue weighted by Gasteiger charge is -2.22. The second kappa shape index (κ2) is 7.87. The number of nitrogens with zero attached hydrogens (tertiary/aromatic N) is 1. The summed E-state index contributed by atoms with van der Waals surface area (Å²) in [5, 5.41) is 0. The van der Waals surface area contributed by atoms with E-state index in [2.05, 4.69) is 0 Å². The fourth-order valence-corrected chi connectivity index (χ4v) is 3.11. The quantitative estimate of drug-likeness (QED) is 0.613. The Morgan fingerprint density at radius 1 is 1.19 bits per heavy atom. The molecule has 0 N–H and O–H groups in total. The highest BCUT2D eigenvalue weighted by Crippen LogP contribution is 2.31. The zero-order chi connectivity index (χ0) is 18.5. The number of amides is 1. The summed E-state index contributed by atoms with van der Waals surface area (Å²) in [5.41, 5.74) is 2.85. The van der Waals surface area contributed by atoms with Crippen LogP contribution in [0.3, 0.4) is 0 Å². The average Bonchev–Trinajstić information content (AvgIpc) is 3.00. The van der Waals surface area contributed by atoms with Crippen LogP contribution in [0.1, 0.15) is 18.1 Å². The molecule has 1 atom stereocenters. The van der Waals surface area contributed by atoms with Crippen molar-refractivity contribution in [3.05, 3.63) is 65.7 Å². The molecule has 0 saturated heterocycles. The van der Waals surface area contributed by atoms with Crippen molar-refractivity contribution >= 4 is 23.6 Å². The van der Waals surface area contributed by atoms with Crippen LogP contribution < -0.4 is 9.64 Å². The molecule has 0 radical (unpaired) electrons. The van der Waals surface area contributed by atoms with E-state index in [1.807, 2.05) is 49.4 Å². The van der Waals surface area contributed by atoms with E-state index < -0.39 is 5.97 Å². The summed E-state index contributed by atoms with van der Waals surface area (Å²) in [4.78, 5) is 26.1. The Morgan fingerprint density at radius 2 is 2.00 bits per heavy atom. The number of benzene rings is 2. The number of carbonyl (C=O) groups is 2. The second-order valence-corrected chi connectivity index (χ2v) is 6.16. The monoisotopic (exact) mass is 351 g/mol. The molecule has 0 aromatic heterocycles. The minimum Gasteiger partial charge on any atom is -0.497 e. The van der Waals surface area contributed by atoms with Gasteiger partial charge >= 0.3 is 5.97 Å². The molecule has 0 unspecified atom stereocenters. The largest absolute Gasteiger partial charge is 0.497 e. The van der Waals surface area contributed by atoms with E-state index in [9.17, 15) is 9.59 Å². The van der Waals surface area contributed by atoms with Gasteiger partial charge in [-0.2, -0.15) is 0 Å². The molecule has 0 spiro atoms. The lowest BCUT2D eigenvalue weighted by molar-refractivity contribution is -0.143. The van der Waals surface area contributed by atoms with E-state index >= 15 is 0 Å². The molecule has 2 aromatic rings. The van der Waals surface area contributed by atoms with Crippen LogP contribution in [0.15, 0.2) is 54.6 Å². The molecule has 5 nitrogen and oxygen atoms in total. The van der Waals surface area contributed by atoms with Gasteiger partial charge in [-0.1, -0.05) is 30.3 Å². The van der Waals surface area contributed by atoms with Crippen LogP contribution in [0.2, 0.25) is 0 Å². The first kappa shape index (κ1) is 17.7. The molecule has 2 aromatic carbocycles. The number of rotatable bonds is 5. The molecule has 0 bridgehead atoms. The highest BCUT2D eigenvalue weighted by atomic mass is 16.5. The van der Waals surface area contributed by atoms with Gasteiger partial charge in [-0.25, -0.2) is 4.79 Å². The summed E-state index contributed by atoms with van der Waals surface area (Å²) < 4.78 is 10.2. The van der Waals surface area contributed by atoms with Crippen molar-refractivity contribution in [2.45, 2.75) is 19.4 Å². The van der Waals surface area contributed by atoms with Crippen LogP contribution in [0.25, 0.3) is 6.08 Å². The van der Waals surface area contributed by atoms with Crippen molar-refractivity contribution < 1.29 is 19.1 Å². The number of hydrogen-bond acceptors (Lipinski definition) is 4. The van der Waals surface area contributed by atoms with Crippen molar-refractivity contribution in [1.82, 2.24) is 0 Å². The summed E-state index contributed by atoms with van der Waals surface area (Å²) in [6.45, 7) is 1.71. The van der Waals surface area contributed by atoms with Crippen LogP contribution in [0.5, 0.6) is 5.75 Å². The standard InChI is InChI=1S/C21H21NO4/c1-15-12-17-7-3-4-9-19(17)22(15)20(23)14-26-21(24)11-10-16-6-5-8-18(13-16)25-2/h3-11,13,15H,12,14H2,1-2H3/b11-10+/t15-/m1/s1. The number of anilines is 1. The van der Waals surface area contributed by atoms with Gasteiger partial charge in [0.2, 0.25) is 0 Å². The molecule has 5 heteroatoms. The molecule has 0 fully saturated rings. The first-order chi connectivity index (χ1) is 12.6. The van der Waals surface area contributed by atoms with Gasteiger partial charge in [-0.05, 0) is 48.7 Å². The van der Waals surface area contributed by atoms with Gasteiger partial charge in [-0.15, -0.1) is 0 Å². The number of ether oxygens (including phenoxy) is 2. The molecule has 1 heterocycles. The molecule has 0 aliphatic carbocycles. The predicted octanol–water partition coefficient (Wildman–Crippen LogP) is 3.23. The minimum atomic E-state index is -0.554. The van der Waals surface area contributed by atoms with E-state index in [-0.39, 0.29) is 18.6 Å². The molecular formula is C21H21NO4. The Labute approximate surface area is 152 Å². The normalized spacial score (nSPS) is 15.8. The maximum Gasteiger partial charge on any atom is 0.331 e. The van der Waals surface area contributed by atoms with Crippen LogP contribution in [0.4, 0.5) is 5.69 Å². The van der Waals surface area contributed by atoms with Gasteiger partial charge < -0.3 is 14.4 Å². The molecular weight excluding hydrogens is 330 g/mol. The van der Waals surface area contributed by atoms with Crippen LogP contribution >= 0.6 is 0 Å². The number of hydrogen-bond donors (Lipinski definition) is 0. The van der Waals surface area contributed by atoms with Crippen LogP contribution in [-0.4, -0.2) is 31.6 Å². The predicted molar refractivity (Wildman–Crippen MR) is 100 cm³/mol. The Kier molecular flexibility index (Phi) is 5.37. The highest BCUT2D eigenvalue weighted by Gasteiger charge is 2.30. The lowest BCUT2D eigenvalue weighted by Crippen LogP contribution is -2.38. The summed E-state index contributed by atoms with van der Waals surface area (Å²) in [6, 6.07) is 15.2. The Hall–Kier alpha value is -3.08. The SMILES string of the molecule is COc1cccc(/C=C/C(=O)OCC(=O)N2c3ccccc3C[C@H]2C)c1. The topological polar surface area (TPSA) is 55.8 Å². The summed E-state index contributed by atoms with van der Waals surface area (Å²) in [6.07, 6.45) is 3.75. The third kappa shape index (κ3) is 3.94. The summed E-state index contributed by atoms with van der Waals surface area (Å²) >= 11 is 0. The van der Waals surface area contributed by atoms with Crippen LogP contribution in [-0.2, 0) is 20.7 Å². The Bertz CT molecular complexity index is 843. The van der Waals surface area contributed by atoms with E-state index in [1.165, 1.54) is 6.08 Å². The van der Waals surface area contributed by atoms with Crippen LogP contribution in [0, 0.1) is 0 Å². The second-order valence-electron chi connectivity index (χ2n) is 6.16. The van der Waals surface area contributed by atoms with E-state index in [0.29, 0.717) is 5.75 Å². The molecule has 0 saturated carbocycles. The maximum atomic E-state index is 12.5. The molecule has 1 aliphatic rings. The highest BCUT2D eigenvalue weighted by molar-refractivity contribution is 5.98. The first-order valence-corrected chi connectivity index (χ1v) is 8.47. The van der Waals surface area contributed by atoms with Crippen molar-refractivity contribution in [2.24, 2.45) is 0 Å². The fraction of sp³-hybridized carbons (Fsp3) is 0.238. The molecule has 3 rings (SSSR count). The minimum absolute atomic E-state index is 0.0610. The number of esters is 1. The molecule has 1 aliphatic heterocycles. The molecule has 134 valence electrons. The smallest absolute Gasteiger partial charge is 0.331 e. The van der Waals surface area contributed by atoms with E-state index in [4.69, 9.17) is 9.47 Å². The van der Waals surface area contributed by atoms with Gasteiger partial charge in [-0.3, -0.25) is 4.79 Å². The molecule has 1 amide bonds. The van der Waals surface area contributed by atoms with Gasteiger partial charge in [0.1, 0.15) is 5.75 Å². The number of fused-ring (bicyclic) bond motifs is 1. The van der Waals surface area contributed by atoms with Crippen molar-refractivity contribution in [3.8, 4) is 5.75 Å². The third-order valence-electron chi connectivity index (χ3n) is 4.32. The average molecular weight is 351 g/mol. The lowest BCUT2D eigenvalue weighted by atomic mass is 10.1. The molecule has 26 heavy (non-hydrogen) atoms. The summed E-state index contributed by atoms with van der Waals surface area (Å²) in [7, 11) is 1.58. The van der Waals surface area contributed by atoms with E-state index in [0.717, 1.165) is 23.2 Å². The van der Waals surface area contributed by atoms with Crippen molar-refractivity contribution in [3.63, 3.8) is 0 Å².